The summed E-state index contributed by atoms with van der Waals surface area (Å²) in [6.07, 6.45) is 0.444. The number of ether oxygens (including phenoxy) is 1. The Hall–Kier alpha value is -2.09. The van der Waals surface area contributed by atoms with Gasteiger partial charge in [0.2, 0.25) is 5.91 Å². The van der Waals surface area contributed by atoms with Crippen LogP contribution in [-0.4, -0.2) is 44.4 Å². The van der Waals surface area contributed by atoms with E-state index in [1.54, 1.807) is 24.3 Å². The first kappa shape index (κ1) is 16.3. The Bertz CT molecular complexity index is 654. The van der Waals surface area contributed by atoms with Gasteiger partial charge in [-0.25, -0.2) is 8.42 Å². The molecule has 1 aromatic rings. The van der Waals surface area contributed by atoms with Crippen LogP contribution >= 0.6 is 0 Å². The summed E-state index contributed by atoms with van der Waals surface area (Å²) < 4.78 is 27.9. The lowest BCUT2D eigenvalue weighted by molar-refractivity contribution is -0.123. The SMILES string of the molecule is CC(=O)Nc1ccc(OCC(=O)N[C@H]2CCS(=O)(=O)C2)cc1. The smallest absolute Gasteiger partial charge is 0.258 e. The second kappa shape index (κ2) is 6.78. The summed E-state index contributed by atoms with van der Waals surface area (Å²) in [5, 5.41) is 5.26. The molecule has 2 rings (SSSR count). The van der Waals surface area contributed by atoms with Crippen LogP contribution < -0.4 is 15.4 Å². The van der Waals surface area contributed by atoms with Gasteiger partial charge < -0.3 is 15.4 Å². The summed E-state index contributed by atoms with van der Waals surface area (Å²) in [5.41, 5.74) is 0.639. The minimum Gasteiger partial charge on any atom is -0.484 e. The highest BCUT2D eigenvalue weighted by molar-refractivity contribution is 7.91. The lowest BCUT2D eigenvalue weighted by atomic mass is 10.2. The van der Waals surface area contributed by atoms with Crippen molar-refractivity contribution >= 4 is 27.3 Å². The van der Waals surface area contributed by atoms with Crippen molar-refractivity contribution in [2.45, 2.75) is 19.4 Å². The summed E-state index contributed by atoms with van der Waals surface area (Å²) in [7, 11) is -3.01. The quantitative estimate of drug-likeness (QED) is 0.812. The Kier molecular flexibility index (Phi) is 5.02. The van der Waals surface area contributed by atoms with Crippen molar-refractivity contribution in [2.75, 3.05) is 23.4 Å². The van der Waals surface area contributed by atoms with Crippen molar-refractivity contribution in [3.05, 3.63) is 24.3 Å². The molecular weight excluding hydrogens is 308 g/mol. The zero-order chi connectivity index (χ0) is 16.2. The summed E-state index contributed by atoms with van der Waals surface area (Å²) in [6.45, 7) is 1.23. The third-order valence-corrected chi connectivity index (χ3v) is 4.91. The van der Waals surface area contributed by atoms with Crippen molar-refractivity contribution in [2.24, 2.45) is 0 Å². The summed E-state index contributed by atoms with van der Waals surface area (Å²) in [4.78, 5) is 22.6. The second-order valence-corrected chi connectivity index (χ2v) is 7.39. The molecule has 1 aliphatic heterocycles. The Morgan fingerprint density at radius 3 is 2.50 bits per heavy atom. The van der Waals surface area contributed by atoms with E-state index in [1.807, 2.05) is 0 Å². The van der Waals surface area contributed by atoms with Crippen molar-refractivity contribution in [1.82, 2.24) is 5.32 Å². The molecule has 0 saturated carbocycles. The van der Waals surface area contributed by atoms with E-state index in [-0.39, 0.29) is 36.0 Å². The van der Waals surface area contributed by atoms with Gasteiger partial charge in [-0.2, -0.15) is 0 Å². The number of carbonyl (C=O) groups is 2. The molecule has 2 amide bonds. The predicted molar refractivity (Wildman–Crippen MR) is 81.4 cm³/mol. The third kappa shape index (κ3) is 5.03. The number of anilines is 1. The molecule has 1 saturated heterocycles. The van der Waals surface area contributed by atoms with Gasteiger partial charge in [0.15, 0.2) is 16.4 Å². The Labute approximate surface area is 129 Å². The van der Waals surface area contributed by atoms with E-state index in [2.05, 4.69) is 10.6 Å². The molecule has 0 bridgehead atoms. The highest BCUT2D eigenvalue weighted by atomic mass is 32.2. The molecule has 0 unspecified atom stereocenters. The second-order valence-electron chi connectivity index (χ2n) is 5.16. The fourth-order valence-corrected chi connectivity index (χ4v) is 3.84. The van der Waals surface area contributed by atoms with Crippen molar-refractivity contribution in [1.29, 1.82) is 0 Å². The maximum Gasteiger partial charge on any atom is 0.258 e. The minimum atomic E-state index is -3.01. The molecule has 0 aromatic heterocycles. The van der Waals surface area contributed by atoms with Crippen LogP contribution in [0.25, 0.3) is 0 Å². The normalized spacial score (nSPS) is 19.4. The van der Waals surface area contributed by atoms with Gasteiger partial charge in [-0.3, -0.25) is 9.59 Å². The van der Waals surface area contributed by atoms with E-state index in [4.69, 9.17) is 4.74 Å². The first-order chi connectivity index (χ1) is 10.3. The average Bonchev–Trinajstić information content (AvgIpc) is 2.76. The van der Waals surface area contributed by atoms with E-state index in [0.717, 1.165) is 0 Å². The van der Waals surface area contributed by atoms with Crippen LogP contribution in [0.2, 0.25) is 0 Å². The molecule has 1 fully saturated rings. The third-order valence-electron chi connectivity index (χ3n) is 3.14. The molecule has 22 heavy (non-hydrogen) atoms. The molecular formula is C14H18N2O5S. The highest BCUT2D eigenvalue weighted by Crippen LogP contribution is 2.16. The minimum absolute atomic E-state index is 0.00977. The van der Waals surface area contributed by atoms with Crippen LogP contribution in [0.5, 0.6) is 5.75 Å². The van der Waals surface area contributed by atoms with Crippen LogP contribution in [0.3, 0.4) is 0 Å². The molecule has 7 nitrogen and oxygen atoms in total. The van der Waals surface area contributed by atoms with E-state index < -0.39 is 9.84 Å². The van der Waals surface area contributed by atoms with Crippen LogP contribution in [0.1, 0.15) is 13.3 Å². The molecule has 2 N–H and O–H groups in total. The van der Waals surface area contributed by atoms with E-state index in [1.165, 1.54) is 6.92 Å². The zero-order valence-corrected chi connectivity index (χ0v) is 13.0. The molecule has 8 heteroatoms. The van der Waals surface area contributed by atoms with E-state index in [0.29, 0.717) is 17.9 Å². The monoisotopic (exact) mass is 326 g/mol. The number of sulfone groups is 1. The maximum absolute atomic E-state index is 11.7. The summed E-state index contributed by atoms with van der Waals surface area (Å²) in [6, 6.07) is 6.27. The first-order valence-electron chi connectivity index (χ1n) is 6.84. The Balaban J connectivity index is 1.77. The largest absolute Gasteiger partial charge is 0.484 e. The van der Waals surface area contributed by atoms with Gasteiger partial charge in [-0.05, 0) is 30.7 Å². The van der Waals surface area contributed by atoms with Gasteiger partial charge in [-0.1, -0.05) is 0 Å². The fraction of sp³-hybridized carbons (Fsp3) is 0.429. The summed E-state index contributed by atoms with van der Waals surface area (Å²) >= 11 is 0. The average molecular weight is 326 g/mol. The Morgan fingerprint density at radius 2 is 1.95 bits per heavy atom. The molecule has 120 valence electrons. The van der Waals surface area contributed by atoms with Gasteiger partial charge in [0, 0.05) is 18.7 Å². The van der Waals surface area contributed by atoms with E-state index >= 15 is 0 Å². The number of benzene rings is 1. The van der Waals surface area contributed by atoms with Crippen molar-refractivity contribution in [3.63, 3.8) is 0 Å². The van der Waals surface area contributed by atoms with Crippen molar-refractivity contribution < 1.29 is 22.7 Å². The molecule has 1 aromatic carbocycles. The van der Waals surface area contributed by atoms with Gasteiger partial charge >= 0.3 is 0 Å². The maximum atomic E-state index is 11.7. The number of amides is 2. The molecule has 0 spiro atoms. The molecule has 1 heterocycles. The number of carbonyl (C=O) groups excluding carboxylic acids is 2. The van der Waals surface area contributed by atoms with Crippen LogP contribution in [0, 0.1) is 0 Å². The molecule has 1 aliphatic rings. The summed E-state index contributed by atoms with van der Waals surface area (Å²) in [5.74, 6) is 0.0732. The zero-order valence-electron chi connectivity index (χ0n) is 12.2. The first-order valence-corrected chi connectivity index (χ1v) is 8.66. The topological polar surface area (TPSA) is 102 Å². The highest BCUT2D eigenvalue weighted by Gasteiger charge is 2.28. The number of hydrogen-bond donors (Lipinski definition) is 2. The lowest BCUT2D eigenvalue weighted by Crippen LogP contribution is -2.38. The number of hydrogen-bond acceptors (Lipinski definition) is 5. The van der Waals surface area contributed by atoms with Gasteiger partial charge in [-0.15, -0.1) is 0 Å². The number of rotatable bonds is 5. The fourth-order valence-electron chi connectivity index (χ4n) is 2.16. The van der Waals surface area contributed by atoms with Crippen LogP contribution in [0.15, 0.2) is 24.3 Å². The Morgan fingerprint density at radius 1 is 1.27 bits per heavy atom. The van der Waals surface area contributed by atoms with Gasteiger partial charge in [0.1, 0.15) is 5.75 Å². The van der Waals surface area contributed by atoms with E-state index in [9.17, 15) is 18.0 Å². The molecule has 1 atom stereocenters. The standard InChI is InChI=1S/C14H18N2O5S/c1-10(17)15-11-2-4-13(5-3-11)21-8-14(18)16-12-6-7-22(19,20)9-12/h2-5,12H,6-9H2,1H3,(H,15,17)(H,16,18)/t12-/m0/s1. The lowest BCUT2D eigenvalue weighted by Gasteiger charge is -2.12. The molecule has 0 radical (unpaired) electrons. The van der Waals surface area contributed by atoms with Crippen LogP contribution in [-0.2, 0) is 19.4 Å². The van der Waals surface area contributed by atoms with Crippen molar-refractivity contribution in [3.8, 4) is 5.75 Å². The van der Waals surface area contributed by atoms with Gasteiger partial charge in [0.05, 0.1) is 11.5 Å². The van der Waals surface area contributed by atoms with Crippen LogP contribution in [0.4, 0.5) is 5.69 Å². The molecule has 0 aliphatic carbocycles. The number of nitrogens with one attached hydrogen (secondary N) is 2. The predicted octanol–water partition coefficient (Wildman–Crippen LogP) is 0.327. The van der Waals surface area contributed by atoms with Gasteiger partial charge in [0.25, 0.3) is 5.91 Å².